The first kappa shape index (κ1) is 11.3. The van der Waals surface area contributed by atoms with Gasteiger partial charge in [0, 0.05) is 5.69 Å². The Morgan fingerprint density at radius 2 is 1.87 bits per heavy atom. The van der Waals surface area contributed by atoms with Crippen LogP contribution in [0.4, 0.5) is 5.69 Å². The van der Waals surface area contributed by atoms with Crippen molar-refractivity contribution in [1.29, 1.82) is 0 Å². The van der Waals surface area contributed by atoms with Gasteiger partial charge < -0.3 is 9.73 Å². The highest BCUT2D eigenvalue weighted by molar-refractivity contribution is 6.03. The van der Waals surface area contributed by atoms with Crippen LogP contribution in [0.5, 0.6) is 0 Å². The minimum atomic E-state index is -0.162. The number of amides is 1. The summed E-state index contributed by atoms with van der Waals surface area (Å²) in [6.45, 7) is 0. The summed E-state index contributed by atoms with van der Waals surface area (Å²) in [6.07, 6.45) is 2.89. The maximum absolute atomic E-state index is 11.5. The number of anilines is 1. The zero-order chi connectivity index (χ0) is 9.80. The van der Waals surface area contributed by atoms with Gasteiger partial charge in [-0.25, -0.2) is 0 Å². The van der Waals surface area contributed by atoms with Gasteiger partial charge >= 0.3 is 0 Å². The molecule has 78 valence electrons. The molecule has 3 nitrogen and oxygen atoms in total. The lowest BCUT2D eigenvalue weighted by molar-refractivity contribution is 0.102. The van der Waals surface area contributed by atoms with Gasteiger partial charge in [-0.05, 0) is 18.2 Å². The molecule has 0 spiro atoms. The van der Waals surface area contributed by atoms with E-state index >= 15 is 0 Å². The summed E-state index contributed by atoms with van der Waals surface area (Å²) in [7, 11) is 0. The van der Waals surface area contributed by atoms with Crippen LogP contribution in [0, 0.1) is 0 Å². The Labute approximate surface area is 93.5 Å². The molecule has 1 aromatic heterocycles. The highest BCUT2D eigenvalue weighted by Gasteiger charge is 2.05. The van der Waals surface area contributed by atoms with E-state index in [1.54, 1.807) is 6.07 Å². The smallest absolute Gasteiger partial charge is 0.258 e. The molecule has 0 aliphatic carbocycles. The molecule has 1 N–H and O–H groups in total. The molecule has 2 aromatic rings. The molecular weight excluding hydrogens is 214 g/mol. The molecule has 0 atom stereocenters. The third kappa shape index (κ3) is 2.86. The van der Waals surface area contributed by atoms with E-state index in [-0.39, 0.29) is 18.3 Å². The van der Waals surface area contributed by atoms with E-state index in [1.165, 1.54) is 12.5 Å². The fraction of sp³-hybridized carbons (Fsp3) is 0. The summed E-state index contributed by atoms with van der Waals surface area (Å²) in [6, 6.07) is 10.9. The minimum absolute atomic E-state index is 0. The number of benzene rings is 1. The van der Waals surface area contributed by atoms with Gasteiger partial charge in [0.25, 0.3) is 5.91 Å². The maximum atomic E-state index is 11.5. The van der Waals surface area contributed by atoms with E-state index in [0.717, 1.165) is 5.69 Å². The Morgan fingerprint density at radius 3 is 2.47 bits per heavy atom. The van der Waals surface area contributed by atoms with Gasteiger partial charge in [0.2, 0.25) is 0 Å². The van der Waals surface area contributed by atoms with Crippen molar-refractivity contribution in [1.82, 2.24) is 0 Å². The van der Waals surface area contributed by atoms with Crippen molar-refractivity contribution in [2.45, 2.75) is 0 Å². The third-order valence-corrected chi connectivity index (χ3v) is 1.82. The summed E-state index contributed by atoms with van der Waals surface area (Å²) in [5.74, 6) is -0.162. The second-order valence-corrected chi connectivity index (χ2v) is 2.83. The van der Waals surface area contributed by atoms with Crippen molar-refractivity contribution in [3.8, 4) is 0 Å². The highest BCUT2D eigenvalue weighted by atomic mass is 35.5. The molecule has 2 rings (SSSR count). The van der Waals surface area contributed by atoms with Crippen LogP contribution >= 0.6 is 12.4 Å². The second-order valence-electron chi connectivity index (χ2n) is 2.83. The van der Waals surface area contributed by atoms with Gasteiger partial charge in [0.1, 0.15) is 6.26 Å². The standard InChI is InChI=1S/C11H9NO2.ClH/c13-11(9-6-7-14-8-9)12-10-4-2-1-3-5-10;/h1-8H,(H,12,13);1H. The number of carbonyl (C=O) groups excluding carboxylic acids is 1. The number of hydrogen-bond acceptors (Lipinski definition) is 2. The maximum Gasteiger partial charge on any atom is 0.258 e. The number of furan rings is 1. The molecule has 0 unspecified atom stereocenters. The molecule has 15 heavy (non-hydrogen) atoms. The van der Waals surface area contributed by atoms with Gasteiger partial charge in [0.05, 0.1) is 11.8 Å². The number of halogens is 1. The van der Waals surface area contributed by atoms with E-state index in [2.05, 4.69) is 5.32 Å². The Morgan fingerprint density at radius 1 is 1.13 bits per heavy atom. The van der Waals surface area contributed by atoms with E-state index in [0.29, 0.717) is 5.56 Å². The Kier molecular flexibility index (Phi) is 3.94. The number of para-hydroxylation sites is 1. The van der Waals surface area contributed by atoms with E-state index < -0.39 is 0 Å². The first-order valence-corrected chi connectivity index (χ1v) is 4.25. The summed E-state index contributed by atoms with van der Waals surface area (Å²) in [5.41, 5.74) is 1.30. The second kappa shape index (κ2) is 5.22. The van der Waals surface area contributed by atoms with Crippen LogP contribution in [0.25, 0.3) is 0 Å². The summed E-state index contributed by atoms with van der Waals surface area (Å²) in [4.78, 5) is 11.5. The van der Waals surface area contributed by atoms with E-state index in [4.69, 9.17) is 4.42 Å². The van der Waals surface area contributed by atoms with E-state index in [9.17, 15) is 4.79 Å². The van der Waals surface area contributed by atoms with Crippen molar-refractivity contribution in [2.24, 2.45) is 0 Å². The topological polar surface area (TPSA) is 42.2 Å². The Hall–Kier alpha value is -1.74. The molecule has 0 fully saturated rings. The lowest BCUT2D eigenvalue weighted by atomic mass is 10.3. The summed E-state index contributed by atoms with van der Waals surface area (Å²) in [5, 5.41) is 2.75. The quantitative estimate of drug-likeness (QED) is 0.851. The van der Waals surface area contributed by atoms with Gasteiger partial charge in [-0.3, -0.25) is 4.79 Å². The Balaban J connectivity index is 0.00000112. The van der Waals surface area contributed by atoms with Crippen LogP contribution in [-0.2, 0) is 0 Å². The van der Waals surface area contributed by atoms with Crippen molar-refractivity contribution in [3.63, 3.8) is 0 Å². The van der Waals surface area contributed by atoms with Gasteiger partial charge in [0.15, 0.2) is 0 Å². The molecular formula is C11H10ClNO2. The molecule has 0 bridgehead atoms. The summed E-state index contributed by atoms with van der Waals surface area (Å²) >= 11 is 0. The fourth-order valence-corrected chi connectivity index (χ4v) is 1.12. The average Bonchev–Trinajstić information content (AvgIpc) is 2.72. The molecule has 4 heteroatoms. The number of rotatable bonds is 2. The molecule has 0 saturated heterocycles. The van der Waals surface area contributed by atoms with E-state index in [1.807, 2.05) is 30.3 Å². The number of nitrogens with one attached hydrogen (secondary N) is 1. The minimum Gasteiger partial charge on any atom is -0.472 e. The van der Waals surface area contributed by atoms with Crippen LogP contribution in [0.1, 0.15) is 10.4 Å². The summed E-state index contributed by atoms with van der Waals surface area (Å²) < 4.78 is 4.81. The normalized spacial score (nSPS) is 9.07. The molecule has 1 heterocycles. The largest absolute Gasteiger partial charge is 0.472 e. The zero-order valence-corrected chi connectivity index (χ0v) is 8.66. The fourth-order valence-electron chi connectivity index (χ4n) is 1.12. The van der Waals surface area contributed by atoms with Gasteiger partial charge in [-0.2, -0.15) is 0 Å². The molecule has 0 aliphatic rings. The monoisotopic (exact) mass is 223 g/mol. The van der Waals surface area contributed by atoms with Crippen LogP contribution in [0.2, 0.25) is 0 Å². The highest BCUT2D eigenvalue weighted by Crippen LogP contribution is 2.08. The Bertz CT molecular complexity index is 411. The van der Waals surface area contributed by atoms with Crippen molar-refractivity contribution >= 4 is 24.0 Å². The van der Waals surface area contributed by atoms with Crippen LogP contribution in [0.15, 0.2) is 53.3 Å². The van der Waals surface area contributed by atoms with Crippen LogP contribution < -0.4 is 5.32 Å². The average molecular weight is 224 g/mol. The predicted octanol–water partition coefficient (Wildman–Crippen LogP) is 2.95. The van der Waals surface area contributed by atoms with Crippen LogP contribution in [0.3, 0.4) is 0 Å². The van der Waals surface area contributed by atoms with Crippen LogP contribution in [-0.4, -0.2) is 5.91 Å². The molecule has 1 aromatic carbocycles. The lowest BCUT2D eigenvalue weighted by Crippen LogP contribution is -2.10. The molecule has 0 aliphatic heterocycles. The number of hydrogen-bond donors (Lipinski definition) is 1. The number of carbonyl (C=O) groups is 1. The molecule has 0 saturated carbocycles. The first-order chi connectivity index (χ1) is 6.86. The first-order valence-electron chi connectivity index (χ1n) is 4.25. The molecule has 0 radical (unpaired) electrons. The SMILES string of the molecule is Cl.O=C(Nc1ccccc1)c1ccoc1. The lowest BCUT2D eigenvalue weighted by Gasteiger charge is -2.01. The van der Waals surface area contributed by atoms with Gasteiger partial charge in [-0.15, -0.1) is 12.4 Å². The third-order valence-electron chi connectivity index (χ3n) is 1.82. The predicted molar refractivity (Wildman–Crippen MR) is 60.4 cm³/mol. The van der Waals surface area contributed by atoms with Crippen molar-refractivity contribution < 1.29 is 9.21 Å². The van der Waals surface area contributed by atoms with Crippen molar-refractivity contribution in [3.05, 3.63) is 54.5 Å². The zero-order valence-electron chi connectivity index (χ0n) is 7.84. The van der Waals surface area contributed by atoms with Gasteiger partial charge in [-0.1, -0.05) is 18.2 Å². The van der Waals surface area contributed by atoms with Crippen molar-refractivity contribution in [2.75, 3.05) is 5.32 Å². The molecule has 1 amide bonds.